The van der Waals surface area contributed by atoms with Gasteiger partial charge in [0.05, 0.1) is 19.0 Å². The van der Waals surface area contributed by atoms with E-state index in [1.165, 1.54) is 6.07 Å². The molecule has 23 heavy (non-hydrogen) atoms. The van der Waals surface area contributed by atoms with Gasteiger partial charge in [-0.2, -0.15) is 0 Å². The molecule has 1 aromatic heterocycles. The van der Waals surface area contributed by atoms with Crippen LogP contribution in [0.3, 0.4) is 0 Å². The Morgan fingerprint density at radius 1 is 1.17 bits per heavy atom. The monoisotopic (exact) mass is 316 g/mol. The van der Waals surface area contributed by atoms with Crippen LogP contribution >= 0.6 is 0 Å². The number of amides is 1. The van der Waals surface area contributed by atoms with E-state index in [9.17, 15) is 13.6 Å². The second kappa shape index (κ2) is 6.08. The maximum absolute atomic E-state index is 13.6. The molecular formula is C17H14F2N2O2. The Bertz CT molecular complexity index is 854. The Morgan fingerprint density at radius 2 is 1.87 bits per heavy atom. The number of halogens is 2. The number of H-pyrrole nitrogens is 1. The number of anilines is 1. The summed E-state index contributed by atoms with van der Waals surface area (Å²) in [7, 11) is 1.56. The number of aromatic nitrogens is 1. The van der Waals surface area contributed by atoms with E-state index in [1.807, 2.05) is 12.1 Å². The lowest BCUT2D eigenvalue weighted by atomic mass is 10.1. The number of rotatable bonds is 4. The smallest absolute Gasteiger partial charge is 0.229 e. The minimum Gasteiger partial charge on any atom is -0.495 e. The molecule has 0 fully saturated rings. The van der Waals surface area contributed by atoms with Crippen molar-refractivity contribution in [3.05, 3.63) is 59.8 Å². The maximum Gasteiger partial charge on any atom is 0.229 e. The minimum absolute atomic E-state index is 0.0130. The molecule has 0 atom stereocenters. The number of carbonyl (C=O) groups is 1. The van der Waals surface area contributed by atoms with Gasteiger partial charge in [0.15, 0.2) is 0 Å². The van der Waals surface area contributed by atoms with E-state index in [0.717, 1.165) is 23.0 Å². The average Bonchev–Trinajstić information content (AvgIpc) is 2.94. The quantitative estimate of drug-likeness (QED) is 0.772. The molecule has 3 rings (SSSR count). The summed E-state index contributed by atoms with van der Waals surface area (Å²) in [5.41, 5.74) is 1.05. The summed E-state index contributed by atoms with van der Waals surface area (Å²) in [6.07, 6.45) is 1.67. The van der Waals surface area contributed by atoms with Gasteiger partial charge in [-0.15, -0.1) is 0 Å². The van der Waals surface area contributed by atoms with Gasteiger partial charge in [-0.25, -0.2) is 8.78 Å². The van der Waals surface area contributed by atoms with E-state index in [0.29, 0.717) is 11.3 Å². The maximum atomic E-state index is 13.6. The van der Waals surface area contributed by atoms with E-state index >= 15 is 0 Å². The van der Waals surface area contributed by atoms with Crippen molar-refractivity contribution < 1.29 is 18.3 Å². The lowest BCUT2D eigenvalue weighted by Gasteiger charge is -2.07. The first kappa shape index (κ1) is 15.0. The van der Waals surface area contributed by atoms with Gasteiger partial charge in [-0.1, -0.05) is 18.2 Å². The lowest BCUT2D eigenvalue weighted by Crippen LogP contribution is -2.16. The number of hydrogen-bond acceptors (Lipinski definition) is 2. The molecule has 3 aromatic rings. The summed E-state index contributed by atoms with van der Waals surface area (Å²) in [4.78, 5) is 15.1. The van der Waals surface area contributed by atoms with Crippen LogP contribution < -0.4 is 10.1 Å². The highest BCUT2D eigenvalue weighted by Gasteiger charge is 2.15. The Labute approximate surface area is 131 Å². The van der Waals surface area contributed by atoms with Crippen molar-refractivity contribution in [1.82, 2.24) is 4.98 Å². The fourth-order valence-electron chi connectivity index (χ4n) is 2.47. The average molecular weight is 316 g/mol. The second-order valence-corrected chi connectivity index (χ2v) is 5.02. The first-order valence-electron chi connectivity index (χ1n) is 6.97. The molecule has 1 amide bonds. The number of methoxy groups -OCH3 is 1. The van der Waals surface area contributed by atoms with Gasteiger partial charge in [0.25, 0.3) is 0 Å². The number of nitrogens with one attached hydrogen (secondary N) is 2. The first-order valence-corrected chi connectivity index (χ1v) is 6.97. The Balaban J connectivity index is 1.84. The zero-order valence-electron chi connectivity index (χ0n) is 12.3. The molecule has 0 spiro atoms. The Kier molecular flexibility index (Phi) is 3.97. The van der Waals surface area contributed by atoms with Crippen molar-refractivity contribution >= 4 is 22.5 Å². The Morgan fingerprint density at radius 3 is 2.57 bits per heavy atom. The normalized spacial score (nSPS) is 10.7. The summed E-state index contributed by atoms with van der Waals surface area (Å²) in [6, 6.07) is 8.89. The van der Waals surface area contributed by atoms with Crippen molar-refractivity contribution in [1.29, 1.82) is 0 Å². The van der Waals surface area contributed by atoms with Crippen LogP contribution in [0.4, 0.5) is 14.5 Å². The van der Waals surface area contributed by atoms with Crippen LogP contribution in [0, 0.1) is 11.6 Å². The van der Waals surface area contributed by atoms with Crippen molar-refractivity contribution in [2.24, 2.45) is 0 Å². The molecule has 0 unspecified atom stereocenters. The fraction of sp³-hybridized carbons (Fsp3) is 0.118. The number of ether oxygens (including phenoxy) is 1. The number of aromatic amines is 1. The summed E-state index contributed by atoms with van der Waals surface area (Å²) in [5, 5.41) is 3.10. The topological polar surface area (TPSA) is 54.1 Å². The van der Waals surface area contributed by atoms with Gasteiger partial charge in [0.1, 0.15) is 23.1 Å². The summed E-state index contributed by atoms with van der Waals surface area (Å²) >= 11 is 0. The van der Waals surface area contributed by atoms with Gasteiger partial charge < -0.3 is 15.0 Å². The van der Waals surface area contributed by atoms with Gasteiger partial charge in [0, 0.05) is 11.6 Å². The van der Waals surface area contributed by atoms with E-state index in [2.05, 4.69) is 10.3 Å². The number of carbonyl (C=O) groups excluding carboxylic acids is 1. The molecule has 4 nitrogen and oxygen atoms in total. The third kappa shape index (κ3) is 2.88. The molecule has 0 bridgehead atoms. The summed E-state index contributed by atoms with van der Waals surface area (Å²) in [6.45, 7) is 0. The largest absolute Gasteiger partial charge is 0.495 e. The minimum atomic E-state index is -0.807. The molecule has 0 saturated heterocycles. The van der Waals surface area contributed by atoms with Crippen LogP contribution in [0.15, 0.2) is 42.6 Å². The van der Waals surface area contributed by atoms with Crippen molar-refractivity contribution in [3.8, 4) is 5.75 Å². The van der Waals surface area contributed by atoms with Crippen LogP contribution in [0.1, 0.15) is 5.56 Å². The molecule has 0 aliphatic rings. The fourth-order valence-corrected chi connectivity index (χ4v) is 2.47. The van der Waals surface area contributed by atoms with Crippen molar-refractivity contribution in [3.63, 3.8) is 0 Å². The molecule has 1 heterocycles. The highest BCUT2D eigenvalue weighted by molar-refractivity contribution is 5.97. The van der Waals surface area contributed by atoms with Gasteiger partial charge >= 0.3 is 0 Å². The lowest BCUT2D eigenvalue weighted by molar-refractivity contribution is -0.115. The standard InChI is InChI=1S/C17H14F2N2O2/c1-23-14-7-2-4-11-10(9-20-16(11)14)8-15(22)21-17-12(18)5-3-6-13(17)19/h2-7,9,20H,8H2,1H3,(H,21,22). The van der Waals surface area contributed by atoms with E-state index in [1.54, 1.807) is 19.4 Å². The molecule has 0 aliphatic heterocycles. The molecule has 6 heteroatoms. The zero-order valence-corrected chi connectivity index (χ0v) is 12.3. The SMILES string of the molecule is COc1cccc2c(CC(=O)Nc3c(F)cccc3F)c[nH]c12. The third-order valence-electron chi connectivity index (χ3n) is 3.56. The van der Waals surface area contributed by atoms with Gasteiger partial charge in [0.2, 0.25) is 5.91 Å². The van der Waals surface area contributed by atoms with Crippen LogP contribution in [0.5, 0.6) is 5.75 Å². The van der Waals surface area contributed by atoms with Crippen LogP contribution in [0.2, 0.25) is 0 Å². The van der Waals surface area contributed by atoms with Gasteiger partial charge in [-0.3, -0.25) is 4.79 Å². The third-order valence-corrected chi connectivity index (χ3v) is 3.56. The number of benzene rings is 2. The first-order chi connectivity index (χ1) is 11.1. The molecule has 2 aromatic carbocycles. The van der Waals surface area contributed by atoms with E-state index in [-0.39, 0.29) is 6.42 Å². The van der Waals surface area contributed by atoms with E-state index in [4.69, 9.17) is 4.74 Å². The van der Waals surface area contributed by atoms with Gasteiger partial charge in [-0.05, 0) is 23.8 Å². The summed E-state index contributed by atoms with van der Waals surface area (Å²) < 4.78 is 32.4. The number of para-hydroxylation sites is 2. The second-order valence-electron chi connectivity index (χ2n) is 5.02. The highest BCUT2D eigenvalue weighted by atomic mass is 19.1. The summed E-state index contributed by atoms with van der Waals surface area (Å²) in [5.74, 6) is -1.45. The number of hydrogen-bond donors (Lipinski definition) is 2. The predicted molar refractivity (Wildman–Crippen MR) is 83.5 cm³/mol. The molecule has 0 aliphatic carbocycles. The predicted octanol–water partition coefficient (Wildman–Crippen LogP) is 3.64. The molecule has 118 valence electrons. The Hall–Kier alpha value is -2.89. The van der Waals surface area contributed by atoms with E-state index < -0.39 is 23.2 Å². The van der Waals surface area contributed by atoms with Crippen LogP contribution in [0.25, 0.3) is 10.9 Å². The zero-order chi connectivity index (χ0) is 16.4. The number of fused-ring (bicyclic) bond motifs is 1. The van der Waals surface area contributed by atoms with Crippen molar-refractivity contribution in [2.45, 2.75) is 6.42 Å². The molecule has 2 N–H and O–H groups in total. The highest BCUT2D eigenvalue weighted by Crippen LogP contribution is 2.27. The van der Waals surface area contributed by atoms with Crippen LogP contribution in [-0.2, 0) is 11.2 Å². The molecule has 0 radical (unpaired) electrons. The van der Waals surface area contributed by atoms with Crippen molar-refractivity contribution in [2.75, 3.05) is 12.4 Å². The molecular weight excluding hydrogens is 302 g/mol. The van der Waals surface area contributed by atoms with Crippen LogP contribution in [-0.4, -0.2) is 18.0 Å². The molecule has 0 saturated carbocycles.